The van der Waals surface area contributed by atoms with Crippen molar-refractivity contribution in [3.05, 3.63) is 29.3 Å². The standard InChI is InChI=1S/C12H9NO2/c14-6-2-1-3-9-4-5-11-10(7-9)8-12(15)13-11/h4-7H,2,8H2,(H,13,15). The minimum atomic E-state index is 0.0167. The molecule has 1 aromatic rings. The fraction of sp³-hybridized carbons (Fsp3) is 0.167. The van der Waals surface area contributed by atoms with Crippen molar-refractivity contribution in [2.24, 2.45) is 0 Å². The molecule has 15 heavy (non-hydrogen) atoms. The monoisotopic (exact) mass is 199 g/mol. The number of carbonyl (C=O) groups excluding carboxylic acids is 2. The highest BCUT2D eigenvalue weighted by Gasteiger charge is 2.16. The molecule has 0 fully saturated rings. The second-order valence-corrected chi connectivity index (χ2v) is 3.27. The number of hydrogen-bond acceptors (Lipinski definition) is 2. The molecule has 1 aliphatic heterocycles. The van der Waals surface area contributed by atoms with E-state index < -0.39 is 0 Å². The van der Waals surface area contributed by atoms with Crippen LogP contribution in [-0.4, -0.2) is 12.2 Å². The van der Waals surface area contributed by atoms with Crippen molar-refractivity contribution < 1.29 is 9.59 Å². The number of rotatable bonds is 1. The third kappa shape index (κ3) is 2.05. The van der Waals surface area contributed by atoms with Gasteiger partial charge in [0.2, 0.25) is 5.91 Å². The SMILES string of the molecule is O=CCC#Cc1ccc2c(c1)CC(=O)N2. The molecule has 0 bridgehead atoms. The van der Waals surface area contributed by atoms with Gasteiger partial charge >= 0.3 is 0 Å². The summed E-state index contributed by atoms with van der Waals surface area (Å²) in [5.74, 6) is 5.62. The Morgan fingerprint density at radius 2 is 2.33 bits per heavy atom. The zero-order chi connectivity index (χ0) is 10.7. The van der Waals surface area contributed by atoms with E-state index in [9.17, 15) is 9.59 Å². The predicted octanol–water partition coefficient (Wildman–Crippen LogP) is 1.12. The van der Waals surface area contributed by atoms with E-state index in [1.165, 1.54) is 0 Å². The Bertz CT molecular complexity index is 480. The van der Waals surface area contributed by atoms with Crippen LogP contribution in [0.5, 0.6) is 0 Å². The number of aldehydes is 1. The van der Waals surface area contributed by atoms with Crippen molar-refractivity contribution in [2.75, 3.05) is 5.32 Å². The molecule has 0 saturated heterocycles. The lowest BCUT2D eigenvalue weighted by Gasteiger charge is -1.97. The molecule has 0 spiro atoms. The molecule has 1 aromatic carbocycles. The number of benzene rings is 1. The second kappa shape index (κ2) is 3.97. The van der Waals surface area contributed by atoms with Crippen molar-refractivity contribution >= 4 is 17.9 Å². The van der Waals surface area contributed by atoms with E-state index in [1.54, 1.807) is 0 Å². The number of amides is 1. The van der Waals surface area contributed by atoms with Crippen LogP contribution >= 0.6 is 0 Å². The smallest absolute Gasteiger partial charge is 0.228 e. The number of nitrogens with one attached hydrogen (secondary N) is 1. The van der Waals surface area contributed by atoms with Crippen LogP contribution in [0.4, 0.5) is 5.69 Å². The van der Waals surface area contributed by atoms with Crippen molar-refractivity contribution in [3.63, 3.8) is 0 Å². The third-order valence-electron chi connectivity index (χ3n) is 2.15. The first-order valence-corrected chi connectivity index (χ1v) is 4.65. The molecule has 0 aromatic heterocycles. The van der Waals surface area contributed by atoms with Crippen molar-refractivity contribution in [1.29, 1.82) is 0 Å². The molecule has 0 atom stereocenters. The van der Waals surface area contributed by atoms with E-state index >= 15 is 0 Å². The van der Waals surface area contributed by atoms with E-state index in [-0.39, 0.29) is 12.3 Å². The van der Waals surface area contributed by atoms with Gasteiger partial charge in [-0.25, -0.2) is 0 Å². The van der Waals surface area contributed by atoms with Crippen molar-refractivity contribution in [2.45, 2.75) is 12.8 Å². The molecule has 0 unspecified atom stereocenters. The molecular formula is C12H9NO2. The van der Waals surface area contributed by atoms with Crippen LogP contribution in [0.25, 0.3) is 0 Å². The molecular weight excluding hydrogens is 190 g/mol. The lowest BCUT2D eigenvalue weighted by Crippen LogP contribution is -2.03. The highest BCUT2D eigenvalue weighted by molar-refractivity contribution is 5.99. The summed E-state index contributed by atoms with van der Waals surface area (Å²) >= 11 is 0. The fourth-order valence-electron chi connectivity index (χ4n) is 1.50. The van der Waals surface area contributed by atoms with Gasteiger partial charge in [-0.15, -0.1) is 0 Å². The molecule has 1 aliphatic rings. The second-order valence-electron chi connectivity index (χ2n) is 3.27. The molecule has 74 valence electrons. The molecule has 1 heterocycles. The van der Waals surface area contributed by atoms with Gasteiger partial charge in [-0.2, -0.15) is 0 Å². The van der Waals surface area contributed by atoms with Gasteiger partial charge in [-0.3, -0.25) is 4.79 Å². The maximum atomic E-state index is 11.1. The van der Waals surface area contributed by atoms with E-state index in [0.717, 1.165) is 23.1 Å². The Hall–Kier alpha value is -2.08. The largest absolute Gasteiger partial charge is 0.326 e. The summed E-state index contributed by atoms with van der Waals surface area (Å²) in [6, 6.07) is 5.55. The quantitative estimate of drug-likeness (QED) is 0.544. The molecule has 0 aliphatic carbocycles. The van der Waals surface area contributed by atoms with Crippen LogP contribution in [0.1, 0.15) is 17.5 Å². The Kier molecular flexibility index (Phi) is 2.51. The summed E-state index contributed by atoms with van der Waals surface area (Å²) in [6.45, 7) is 0. The van der Waals surface area contributed by atoms with Gasteiger partial charge in [0.25, 0.3) is 0 Å². The highest BCUT2D eigenvalue weighted by Crippen LogP contribution is 2.23. The third-order valence-corrected chi connectivity index (χ3v) is 2.15. The van der Waals surface area contributed by atoms with Crippen LogP contribution in [0.15, 0.2) is 18.2 Å². The number of hydrogen-bond donors (Lipinski definition) is 1. The van der Waals surface area contributed by atoms with E-state index in [4.69, 9.17) is 0 Å². The van der Waals surface area contributed by atoms with Crippen LogP contribution in [0.3, 0.4) is 0 Å². The predicted molar refractivity (Wildman–Crippen MR) is 56.3 cm³/mol. The minimum Gasteiger partial charge on any atom is -0.326 e. The molecule has 3 heteroatoms. The number of fused-ring (bicyclic) bond motifs is 1. The average molecular weight is 199 g/mol. The summed E-state index contributed by atoms with van der Waals surface area (Å²) in [6.07, 6.45) is 1.43. The molecule has 1 N–H and O–H groups in total. The van der Waals surface area contributed by atoms with Gasteiger partial charge in [0.1, 0.15) is 6.29 Å². The maximum Gasteiger partial charge on any atom is 0.228 e. The van der Waals surface area contributed by atoms with Crippen LogP contribution in [0.2, 0.25) is 0 Å². The number of carbonyl (C=O) groups is 2. The molecule has 0 saturated carbocycles. The first-order valence-electron chi connectivity index (χ1n) is 4.65. The Balaban J connectivity index is 2.24. The minimum absolute atomic E-state index is 0.0167. The topological polar surface area (TPSA) is 46.2 Å². The summed E-state index contributed by atoms with van der Waals surface area (Å²) in [4.78, 5) is 21.1. The van der Waals surface area contributed by atoms with Gasteiger partial charge in [0, 0.05) is 11.3 Å². The summed E-state index contributed by atoms with van der Waals surface area (Å²) < 4.78 is 0. The summed E-state index contributed by atoms with van der Waals surface area (Å²) in [7, 11) is 0. The Morgan fingerprint density at radius 3 is 3.13 bits per heavy atom. The summed E-state index contributed by atoms with van der Waals surface area (Å²) in [5.41, 5.74) is 2.67. The van der Waals surface area contributed by atoms with Crippen LogP contribution in [-0.2, 0) is 16.0 Å². The lowest BCUT2D eigenvalue weighted by atomic mass is 10.1. The fourth-order valence-corrected chi connectivity index (χ4v) is 1.50. The zero-order valence-corrected chi connectivity index (χ0v) is 8.04. The van der Waals surface area contributed by atoms with Crippen LogP contribution < -0.4 is 5.32 Å². The van der Waals surface area contributed by atoms with Gasteiger partial charge in [0.15, 0.2) is 0 Å². The molecule has 3 nitrogen and oxygen atoms in total. The Labute approximate surface area is 87.5 Å². The zero-order valence-electron chi connectivity index (χ0n) is 8.04. The lowest BCUT2D eigenvalue weighted by molar-refractivity contribution is -0.115. The van der Waals surface area contributed by atoms with Gasteiger partial charge in [-0.05, 0) is 23.8 Å². The highest BCUT2D eigenvalue weighted by atomic mass is 16.1. The number of anilines is 1. The summed E-state index contributed by atoms with van der Waals surface area (Å²) in [5, 5.41) is 2.75. The van der Waals surface area contributed by atoms with Crippen LogP contribution in [0, 0.1) is 11.8 Å². The van der Waals surface area contributed by atoms with E-state index in [1.807, 2.05) is 18.2 Å². The Morgan fingerprint density at radius 1 is 1.47 bits per heavy atom. The molecule has 2 rings (SSSR count). The normalized spacial score (nSPS) is 12.4. The van der Waals surface area contributed by atoms with Gasteiger partial charge < -0.3 is 10.1 Å². The van der Waals surface area contributed by atoms with E-state index in [2.05, 4.69) is 17.2 Å². The maximum absolute atomic E-state index is 11.1. The molecule has 1 amide bonds. The average Bonchev–Trinajstić information content (AvgIpc) is 2.57. The van der Waals surface area contributed by atoms with E-state index in [0.29, 0.717) is 6.42 Å². The van der Waals surface area contributed by atoms with Gasteiger partial charge in [-0.1, -0.05) is 11.8 Å². The van der Waals surface area contributed by atoms with Crippen molar-refractivity contribution in [1.82, 2.24) is 0 Å². The van der Waals surface area contributed by atoms with Crippen molar-refractivity contribution in [3.8, 4) is 11.8 Å². The first-order chi connectivity index (χ1) is 7.29. The molecule has 0 radical (unpaired) electrons. The first kappa shape index (κ1) is 9.47. The van der Waals surface area contributed by atoms with Gasteiger partial charge in [0.05, 0.1) is 12.8 Å².